The predicted octanol–water partition coefficient (Wildman–Crippen LogP) is 2.35. The van der Waals surface area contributed by atoms with E-state index in [1.165, 1.54) is 6.26 Å². The third-order valence-electron chi connectivity index (χ3n) is 4.34. The minimum absolute atomic E-state index is 0.160. The summed E-state index contributed by atoms with van der Waals surface area (Å²) in [5.74, 6) is -0.471. The minimum Gasteiger partial charge on any atom is -0.467 e. The molecule has 0 spiro atoms. The molecule has 1 N–H and O–H groups in total. The Morgan fingerprint density at radius 2 is 2.11 bits per heavy atom. The molecule has 0 aliphatic carbocycles. The molecule has 0 saturated carbocycles. The number of nitrogens with one attached hydrogen (secondary N) is 1. The molecular weight excluding hydrogens is 362 g/mol. The highest BCUT2D eigenvalue weighted by Crippen LogP contribution is 2.15. The second-order valence-electron chi connectivity index (χ2n) is 6.33. The predicted molar refractivity (Wildman–Crippen MR) is 102 cm³/mol. The summed E-state index contributed by atoms with van der Waals surface area (Å²) in [6.07, 6.45) is 1.52. The summed E-state index contributed by atoms with van der Waals surface area (Å²) in [5, 5.41) is 2.69. The van der Waals surface area contributed by atoms with Crippen LogP contribution in [0.4, 0.5) is 0 Å². The lowest BCUT2D eigenvalue weighted by Crippen LogP contribution is -2.31. The Morgan fingerprint density at radius 1 is 1.32 bits per heavy atom. The van der Waals surface area contributed by atoms with Crippen LogP contribution in [-0.2, 0) is 16.1 Å². The summed E-state index contributed by atoms with van der Waals surface area (Å²) >= 11 is 0. The molecule has 28 heavy (non-hydrogen) atoms. The molecule has 0 fully saturated rings. The number of hydrogen-bond acceptors (Lipinski definition) is 6. The van der Waals surface area contributed by atoms with Gasteiger partial charge in [-0.05, 0) is 51.1 Å². The molecule has 146 valence electrons. The van der Waals surface area contributed by atoms with Gasteiger partial charge in [-0.15, -0.1) is 0 Å². The number of fused-ring (bicyclic) bond motifs is 1. The molecular formula is C20H21N3O5. The fraction of sp³-hybridized carbons (Fsp3) is 0.300. The summed E-state index contributed by atoms with van der Waals surface area (Å²) in [6, 6.07) is 7.90. The number of hydrogen-bond donors (Lipinski definition) is 1. The highest BCUT2D eigenvalue weighted by atomic mass is 16.5. The number of furan rings is 1. The van der Waals surface area contributed by atoms with Crippen LogP contribution in [0.15, 0.2) is 45.8 Å². The Kier molecular flexibility index (Phi) is 5.58. The molecule has 2 heterocycles. The smallest absolute Gasteiger partial charge is 0.338 e. The normalized spacial score (nSPS) is 12.0. The maximum absolute atomic E-state index is 12.3. The van der Waals surface area contributed by atoms with Gasteiger partial charge < -0.3 is 19.0 Å². The highest BCUT2D eigenvalue weighted by Gasteiger charge is 2.16. The second-order valence-corrected chi connectivity index (χ2v) is 6.33. The van der Waals surface area contributed by atoms with Crippen LogP contribution in [0.25, 0.3) is 11.0 Å². The SMILES string of the molecule is CCn1c(=O)c(C)nc2cc(C(=O)OCC(=O)N[C@@H](C)c3ccco3)ccc21. The number of amides is 1. The van der Waals surface area contributed by atoms with Crippen LogP contribution in [0.1, 0.15) is 41.7 Å². The van der Waals surface area contributed by atoms with Crippen molar-refractivity contribution in [3.05, 3.63) is 64.0 Å². The third-order valence-corrected chi connectivity index (χ3v) is 4.34. The molecule has 3 aromatic rings. The van der Waals surface area contributed by atoms with Gasteiger partial charge in [-0.25, -0.2) is 9.78 Å². The van der Waals surface area contributed by atoms with Crippen molar-refractivity contribution in [1.82, 2.24) is 14.9 Å². The van der Waals surface area contributed by atoms with Gasteiger partial charge in [-0.2, -0.15) is 0 Å². The van der Waals surface area contributed by atoms with Crippen molar-refractivity contribution in [1.29, 1.82) is 0 Å². The van der Waals surface area contributed by atoms with Crippen LogP contribution < -0.4 is 10.9 Å². The molecule has 1 amide bonds. The van der Waals surface area contributed by atoms with E-state index in [2.05, 4.69) is 10.3 Å². The molecule has 0 radical (unpaired) electrons. The number of ether oxygens (including phenoxy) is 1. The Bertz CT molecular complexity index is 1070. The van der Waals surface area contributed by atoms with Gasteiger partial charge in [0.1, 0.15) is 11.5 Å². The number of carbonyl (C=O) groups is 2. The summed E-state index contributed by atoms with van der Waals surface area (Å²) < 4.78 is 11.9. The van der Waals surface area contributed by atoms with Gasteiger partial charge in [0.25, 0.3) is 11.5 Å². The summed E-state index contributed by atoms with van der Waals surface area (Å²) in [4.78, 5) is 40.7. The van der Waals surface area contributed by atoms with Crippen LogP contribution in [0.5, 0.6) is 0 Å². The second kappa shape index (κ2) is 8.08. The van der Waals surface area contributed by atoms with Crippen molar-refractivity contribution in [2.24, 2.45) is 0 Å². The first-order valence-corrected chi connectivity index (χ1v) is 8.91. The number of aromatic nitrogens is 2. The van der Waals surface area contributed by atoms with E-state index in [-0.39, 0.29) is 17.2 Å². The van der Waals surface area contributed by atoms with E-state index in [0.717, 1.165) is 0 Å². The van der Waals surface area contributed by atoms with Crippen LogP contribution in [0.3, 0.4) is 0 Å². The van der Waals surface area contributed by atoms with Crippen molar-refractivity contribution >= 4 is 22.9 Å². The molecule has 0 saturated heterocycles. The van der Waals surface area contributed by atoms with Crippen molar-refractivity contribution in [2.75, 3.05) is 6.61 Å². The third kappa shape index (κ3) is 3.95. The number of rotatable bonds is 6. The zero-order valence-electron chi connectivity index (χ0n) is 15.9. The molecule has 2 aromatic heterocycles. The van der Waals surface area contributed by atoms with E-state index < -0.39 is 18.5 Å². The fourth-order valence-electron chi connectivity index (χ4n) is 2.92. The van der Waals surface area contributed by atoms with Crippen molar-refractivity contribution < 1.29 is 18.7 Å². The summed E-state index contributed by atoms with van der Waals surface area (Å²) in [7, 11) is 0. The summed E-state index contributed by atoms with van der Waals surface area (Å²) in [6.45, 7) is 5.34. The zero-order chi connectivity index (χ0) is 20.3. The molecule has 8 heteroatoms. The number of esters is 1. The lowest BCUT2D eigenvalue weighted by atomic mass is 10.2. The van der Waals surface area contributed by atoms with Gasteiger partial charge >= 0.3 is 5.97 Å². The van der Waals surface area contributed by atoms with Crippen molar-refractivity contribution in [3.8, 4) is 0 Å². The van der Waals surface area contributed by atoms with E-state index >= 15 is 0 Å². The van der Waals surface area contributed by atoms with Crippen LogP contribution in [0, 0.1) is 6.92 Å². The van der Waals surface area contributed by atoms with E-state index in [4.69, 9.17) is 9.15 Å². The van der Waals surface area contributed by atoms with Crippen LogP contribution in [0.2, 0.25) is 0 Å². The first-order valence-electron chi connectivity index (χ1n) is 8.91. The van der Waals surface area contributed by atoms with Crippen molar-refractivity contribution in [3.63, 3.8) is 0 Å². The van der Waals surface area contributed by atoms with Gasteiger partial charge in [0.05, 0.1) is 28.9 Å². The molecule has 0 bridgehead atoms. The lowest BCUT2D eigenvalue weighted by Gasteiger charge is -2.12. The average molecular weight is 383 g/mol. The van der Waals surface area contributed by atoms with Gasteiger partial charge in [0, 0.05) is 6.54 Å². The van der Waals surface area contributed by atoms with E-state index in [9.17, 15) is 14.4 Å². The molecule has 1 atom stereocenters. The Hall–Kier alpha value is -3.42. The van der Waals surface area contributed by atoms with Gasteiger partial charge in [-0.3, -0.25) is 9.59 Å². The number of nitrogens with zero attached hydrogens (tertiary/aromatic N) is 2. The molecule has 1 aromatic carbocycles. The van der Waals surface area contributed by atoms with E-state index in [1.807, 2.05) is 6.92 Å². The summed E-state index contributed by atoms with van der Waals surface area (Å²) in [5.41, 5.74) is 1.61. The average Bonchev–Trinajstić information content (AvgIpc) is 3.22. The van der Waals surface area contributed by atoms with E-state index in [0.29, 0.717) is 29.0 Å². The first-order chi connectivity index (χ1) is 13.4. The van der Waals surface area contributed by atoms with Gasteiger partial charge in [0.2, 0.25) is 0 Å². The molecule has 3 rings (SSSR count). The topological polar surface area (TPSA) is 103 Å². The number of benzene rings is 1. The minimum atomic E-state index is -0.642. The van der Waals surface area contributed by atoms with Crippen molar-refractivity contribution in [2.45, 2.75) is 33.4 Å². The molecule has 0 aliphatic rings. The maximum atomic E-state index is 12.3. The van der Waals surface area contributed by atoms with Gasteiger partial charge in [-0.1, -0.05) is 0 Å². The first kappa shape index (κ1) is 19.3. The van der Waals surface area contributed by atoms with E-state index in [1.54, 1.807) is 48.7 Å². The molecule has 0 unspecified atom stereocenters. The maximum Gasteiger partial charge on any atom is 0.338 e. The molecule has 8 nitrogen and oxygen atoms in total. The molecule has 0 aliphatic heterocycles. The Labute approximate surface area is 161 Å². The zero-order valence-corrected chi connectivity index (χ0v) is 15.9. The monoisotopic (exact) mass is 383 g/mol. The Balaban J connectivity index is 1.69. The Morgan fingerprint density at radius 3 is 2.79 bits per heavy atom. The number of aryl methyl sites for hydroxylation is 2. The van der Waals surface area contributed by atoms with Crippen LogP contribution >= 0.6 is 0 Å². The quantitative estimate of drug-likeness (QED) is 0.656. The van der Waals surface area contributed by atoms with Gasteiger partial charge in [0.15, 0.2) is 6.61 Å². The fourth-order valence-corrected chi connectivity index (χ4v) is 2.92. The lowest BCUT2D eigenvalue weighted by molar-refractivity contribution is -0.125. The number of carbonyl (C=O) groups excluding carboxylic acids is 2. The standard InChI is InChI=1S/C20H21N3O5/c1-4-23-16-8-7-14(10-15(16)21-13(3)19(23)25)20(26)28-11-18(24)22-12(2)17-6-5-9-27-17/h5-10,12H,4,11H2,1-3H3,(H,22,24)/t12-/m0/s1. The van der Waals surface area contributed by atoms with Crippen LogP contribution in [-0.4, -0.2) is 28.0 Å². The highest BCUT2D eigenvalue weighted by molar-refractivity contribution is 5.94. The largest absolute Gasteiger partial charge is 0.467 e.